The molecule has 3 heterocycles. The normalized spacial score (nSPS) is 16.1. The van der Waals surface area contributed by atoms with Crippen LogP contribution in [0.25, 0.3) is 16.6 Å². The maximum Gasteiger partial charge on any atom is 0.417 e. The van der Waals surface area contributed by atoms with Crippen molar-refractivity contribution in [1.82, 2.24) is 24.9 Å². The average molecular weight is 371 g/mol. The van der Waals surface area contributed by atoms with E-state index in [1.165, 1.54) is 10.6 Å². The van der Waals surface area contributed by atoms with Crippen molar-refractivity contribution < 1.29 is 13.2 Å². The van der Waals surface area contributed by atoms with Crippen LogP contribution in [0.1, 0.15) is 11.4 Å². The summed E-state index contributed by atoms with van der Waals surface area (Å²) in [6.45, 7) is 4.73. The van der Waals surface area contributed by atoms with Gasteiger partial charge in [-0.2, -0.15) is 17.7 Å². The number of nitrogens with zero attached hydrogens (tertiary/aromatic N) is 5. The van der Waals surface area contributed by atoms with E-state index in [-0.39, 0.29) is 10.4 Å². The molecular weight excluding hydrogens is 357 g/mol. The molecule has 1 fully saturated rings. The molecule has 4 rings (SSSR count). The average Bonchev–Trinajstić information content (AvgIpc) is 2.94. The fourth-order valence-electron chi connectivity index (χ4n) is 3.01. The summed E-state index contributed by atoms with van der Waals surface area (Å²) >= 11 is 5.86. The summed E-state index contributed by atoms with van der Waals surface area (Å²) < 4.78 is 41.1. The molecule has 3 aromatic rings. The number of rotatable bonds is 1. The summed E-state index contributed by atoms with van der Waals surface area (Å²) in [5, 5.41) is 7.47. The quantitative estimate of drug-likeness (QED) is 0.713. The Kier molecular flexibility index (Phi) is 3.73. The van der Waals surface area contributed by atoms with E-state index in [1.54, 1.807) is 6.92 Å². The lowest BCUT2D eigenvalue weighted by atomic mass is 10.1. The molecule has 1 saturated heterocycles. The molecule has 0 aliphatic carbocycles. The summed E-state index contributed by atoms with van der Waals surface area (Å²) in [5.74, 6) is 1.02. The first-order valence-corrected chi connectivity index (χ1v) is 8.12. The Hall–Kier alpha value is -2.13. The van der Waals surface area contributed by atoms with Crippen LogP contribution in [0.4, 0.5) is 19.1 Å². The maximum absolute atomic E-state index is 13.2. The third-order valence-corrected chi connectivity index (χ3v) is 4.47. The molecule has 0 bridgehead atoms. The Morgan fingerprint density at radius 3 is 2.56 bits per heavy atom. The molecule has 1 aliphatic rings. The first-order chi connectivity index (χ1) is 11.8. The van der Waals surface area contributed by atoms with Gasteiger partial charge in [0.25, 0.3) is 0 Å². The number of fused-ring (bicyclic) bond motifs is 3. The van der Waals surface area contributed by atoms with E-state index >= 15 is 0 Å². The van der Waals surface area contributed by atoms with E-state index in [1.807, 2.05) is 4.90 Å². The Labute approximate surface area is 145 Å². The van der Waals surface area contributed by atoms with Crippen LogP contribution in [0, 0.1) is 6.92 Å². The standard InChI is InChI=1S/C15H14ClF3N6/c1-8-21-13-9-6-10(15(17,18)19)11(16)7-12(9)22-14(25(13)23-8)24-4-2-20-3-5-24/h6-7,20H,2-5H2,1H3. The number of hydrogen-bond donors (Lipinski definition) is 1. The second kappa shape index (κ2) is 5.70. The van der Waals surface area contributed by atoms with Crippen LogP contribution in [0.3, 0.4) is 0 Å². The van der Waals surface area contributed by atoms with Gasteiger partial charge in [-0.3, -0.25) is 0 Å². The van der Waals surface area contributed by atoms with Crippen LogP contribution in [0.15, 0.2) is 12.1 Å². The number of hydrogen-bond acceptors (Lipinski definition) is 5. The van der Waals surface area contributed by atoms with E-state index in [0.717, 1.165) is 32.2 Å². The minimum atomic E-state index is -4.55. The first-order valence-electron chi connectivity index (χ1n) is 7.74. The van der Waals surface area contributed by atoms with Gasteiger partial charge in [-0.05, 0) is 19.1 Å². The molecule has 1 aliphatic heterocycles. The fourth-order valence-corrected chi connectivity index (χ4v) is 3.27. The van der Waals surface area contributed by atoms with Gasteiger partial charge in [0.1, 0.15) is 5.82 Å². The van der Waals surface area contributed by atoms with E-state index in [2.05, 4.69) is 20.4 Å². The highest BCUT2D eigenvalue weighted by atomic mass is 35.5. The molecule has 0 saturated carbocycles. The number of halogens is 4. The lowest BCUT2D eigenvalue weighted by Crippen LogP contribution is -2.44. The van der Waals surface area contributed by atoms with Crippen molar-refractivity contribution in [1.29, 1.82) is 0 Å². The lowest BCUT2D eigenvalue weighted by molar-refractivity contribution is -0.137. The number of nitrogens with one attached hydrogen (secondary N) is 1. The van der Waals surface area contributed by atoms with Crippen molar-refractivity contribution in [3.05, 3.63) is 28.5 Å². The first kappa shape index (κ1) is 16.3. The molecule has 0 spiro atoms. The Morgan fingerprint density at radius 2 is 1.88 bits per heavy atom. The zero-order valence-corrected chi connectivity index (χ0v) is 14.0. The zero-order chi connectivity index (χ0) is 17.8. The molecule has 10 heteroatoms. The predicted molar refractivity (Wildman–Crippen MR) is 88.1 cm³/mol. The van der Waals surface area contributed by atoms with Gasteiger partial charge in [-0.15, -0.1) is 5.10 Å². The van der Waals surface area contributed by atoms with Crippen LogP contribution < -0.4 is 10.2 Å². The number of alkyl halides is 3. The molecular formula is C15H14ClF3N6. The summed E-state index contributed by atoms with van der Waals surface area (Å²) in [6.07, 6.45) is -4.55. The highest BCUT2D eigenvalue weighted by Gasteiger charge is 2.34. The van der Waals surface area contributed by atoms with Crippen LogP contribution >= 0.6 is 11.6 Å². The van der Waals surface area contributed by atoms with Crippen LogP contribution in [0.5, 0.6) is 0 Å². The number of aryl methyl sites for hydroxylation is 1. The lowest BCUT2D eigenvalue weighted by Gasteiger charge is -2.28. The second-order valence-electron chi connectivity index (χ2n) is 5.89. The summed E-state index contributed by atoms with van der Waals surface area (Å²) in [6, 6.07) is 2.24. The van der Waals surface area contributed by atoms with Gasteiger partial charge in [0.05, 0.1) is 16.1 Å². The van der Waals surface area contributed by atoms with Crippen LogP contribution in [-0.2, 0) is 6.18 Å². The predicted octanol–water partition coefficient (Wildman–Crippen LogP) is 2.67. The van der Waals surface area contributed by atoms with Crippen molar-refractivity contribution in [3.8, 4) is 0 Å². The largest absolute Gasteiger partial charge is 0.417 e. The number of aromatic nitrogens is 4. The Balaban J connectivity index is 2.01. The van der Waals surface area contributed by atoms with E-state index in [4.69, 9.17) is 11.6 Å². The minimum Gasteiger partial charge on any atom is -0.338 e. The Bertz CT molecular complexity index is 961. The zero-order valence-electron chi connectivity index (χ0n) is 13.2. The molecule has 6 nitrogen and oxygen atoms in total. The molecule has 0 amide bonds. The molecule has 0 radical (unpaired) electrons. The van der Waals surface area contributed by atoms with Crippen molar-refractivity contribution >= 4 is 34.1 Å². The number of benzene rings is 1. The third-order valence-electron chi connectivity index (χ3n) is 4.15. The Morgan fingerprint density at radius 1 is 1.16 bits per heavy atom. The monoisotopic (exact) mass is 370 g/mol. The molecule has 1 N–H and O–H groups in total. The van der Waals surface area contributed by atoms with Gasteiger partial charge in [0, 0.05) is 31.6 Å². The number of piperazine rings is 1. The van der Waals surface area contributed by atoms with Gasteiger partial charge in [0.15, 0.2) is 5.65 Å². The van der Waals surface area contributed by atoms with Gasteiger partial charge in [-0.25, -0.2) is 9.97 Å². The van der Waals surface area contributed by atoms with Crippen molar-refractivity contribution in [2.45, 2.75) is 13.1 Å². The molecule has 2 aromatic heterocycles. The second-order valence-corrected chi connectivity index (χ2v) is 6.30. The van der Waals surface area contributed by atoms with Gasteiger partial charge in [-0.1, -0.05) is 11.6 Å². The topological polar surface area (TPSA) is 58.4 Å². The molecule has 1 aromatic carbocycles. The van der Waals surface area contributed by atoms with Crippen LogP contribution in [0.2, 0.25) is 5.02 Å². The van der Waals surface area contributed by atoms with Crippen molar-refractivity contribution in [2.75, 3.05) is 31.1 Å². The summed E-state index contributed by atoms with van der Waals surface area (Å²) in [4.78, 5) is 10.9. The van der Waals surface area contributed by atoms with Crippen molar-refractivity contribution in [3.63, 3.8) is 0 Å². The molecule has 132 valence electrons. The van der Waals surface area contributed by atoms with E-state index < -0.39 is 11.7 Å². The van der Waals surface area contributed by atoms with Gasteiger partial charge in [0.2, 0.25) is 5.95 Å². The molecule has 25 heavy (non-hydrogen) atoms. The van der Waals surface area contributed by atoms with Crippen LogP contribution in [-0.4, -0.2) is 45.8 Å². The smallest absolute Gasteiger partial charge is 0.338 e. The fraction of sp³-hybridized carbons (Fsp3) is 0.400. The van der Waals surface area contributed by atoms with E-state index in [0.29, 0.717) is 22.9 Å². The van der Waals surface area contributed by atoms with Crippen molar-refractivity contribution in [2.24, 2.45) is 0 Å². The summed E-state index contributed by atoms with van der Waals surface area (Å²) in [5.41, 5.74) is -0.189. The minimum absolute atomic E-state index is 0.274. The third kappa shape index (κ3) is 2.77. The molecule has 0 atom stereocenters. The number of anilines is 1. The van der Waals surface area contributed by atoms with Gasteiger partial charge >= 0.3 is 6.18 Å². The van der Waals surface area contributed by atoms with E-state index in [9.17, 15) is 13.2 Å². The molecule has 0 unspecified atom stereocenters. The highest BCUT2D eigenvalue weighted by Crippen LogP contribution is 2.38. The summed E-state index contributed by atoms with van der Waals surface area (Å²) in [7, 11) is 0. The highest BCUT2D eigenvalue weighted by molar-refractivity contribution is 6.32. The SMILES string of the molecule is Cc1nc2c3cc(C(F)(F)F)c(Cl)cc3nc(N3CCNCC3)n2n1. The maximum atomic E-state index is 13.2. The van der Waals surface area contributed by atoms with Gasteiger partial charge < -0.3 is 10.2 Å².